The highest BCUT2D eigenvalue weighted by molar-refractivity contribution is 5.83. The second-order valence-corrected chi connectivity index (χ2v) is 5.01. The first-order valence-electron chi connectivity index (χ1n) is 7.05. The molecule has 1 saturated carbocycles. The van der Waals surface area contributed by atoms with Crippen molar-refractivity contribution >= 4 is 11.9 Å². The third-order valence-corrected chi connectivity index (χ3v) is 3.73. The zero-order valence-corrected chi connectivity index (χ0v) is 11.6. The van der Waals surface area contributed by atoms with E-state index in [0.717, 1.165) is 5.69 Å². The Balaban J connectivity index is 2.07. The number of anilines is 1. The van der Waals surface area contributed by atoms with E-state index in [0.29, 0.717) is 18.3 Å². The van der Waals surface area contributed by atoms with Gasteiger partial charge in [0.2, 0.25) is 11.9 Å². The summed E-state index contributed by atoms with van der Waals surface area (Å²) in [5, 5.41) is 5.76. The predicted octanol–water partition coefficient (Wildman–Crippen LogP) is 2.07. The van der Waals surface area contributed by atoms with Gasteiger partial charge in [0.05, 0.1) is 0 Å². The molecule has 0 radical (unpaired) electrons. The van der Waals surface area contributed by atoms with E-state index in [1.807, 2.05) is 13.0 Å². The number of rotatable bonds is 5. The van der Waals surface area contributed by atoms with Gasteiger partial charge < -0.3 is 10.6 Å². The number of nitrogens with one attached hydrogen (secondary N) is 2. The van der Waals surface area contributed by atoms with Gasteiger partial charge in [-0.25, -0.2) is 9.97 Å². The third-order valence-electron chi connectivity index (χ3n) is 3.73. The average molecular weight is 262 g/mol. The highest BCUT2D eigenvalue weighted by Crippen LogP contribution is 2.32. The lowest BCUT2D eigenvalue weighted by molar-refractivity contribution is -0.121. The van der Waals surface area contributed by atoms with E-state index < -0.39 is 0 Å². The minimum Gasteiger partial charge on any atom is -0.357 e. The lowest BCUT2D eigenvalue weighted by atomic mass is 10.0. The largest absolute Gasteiger partial charge is 0.357 e. The second-order valence-electron chi connectivity index (χ2n) is 5.01. The minimum absolute atomic E-state index is 0.0302. The van der Waals surface area contributed by atoms with E-state index in [1.54, 1.807) is 13.2 Å². The number of carbonyl (C=O) groups excluding carboxylic acids is 1. The molecule has 0 aliphatic heterocycles. The van der Waals surface area contributed by atoms with E-state index in [4.69, 9.17) is 0 Å². The zero-order valence-electron chi connectivity index (χ0n) is 11.6. The molecule has 0 bridgehead atoms. The molecule has 0 spiro atoms. The zero-order chi connectivity index (χ0) is 13.7. The maximum atomic E-state index is 11.7. The number of hydrogen-bond donors (Lipinski definition) is 2. The summed E-state index contributed by atoms with van der Waals surface area (Å²) in [4.78, 5) is 20.4. The first-order chi connectivity index (χ1) is 9.24. The van der Waals surface area contributed by atoms with Gasteiger partial charge in [0.1, 0.15) is 6.04 Å². The first-order valence-corrected chi connectivity index (χ1v) is 7.05. The summed E-state index contributed by atoms with van der Waals surface area (Å²) >= 11 is 0. The van der Waals surface area contributed by atoms with E-state index in [9.17, 15) is 4.79 Å². The standard InChI is InChI=1S/C14H22N4O/c1-3-11(13(19)15-2)17-14-16-9-8-12(18-14)10-6-4-5-7-10/h8-11H,3-7H2,1-2H3,(H,15,19)(H,16,17,18)/t11-/m1/s1. The summed E-state index contributed by atoms with van der Waals surface area (Å²) in [5.74, 6) is 1.08. The van der Waals surface area contributed by atoms with Crippen molar-refractivity contribution in [2.24, 2.45) is 0 Å². The van der Waals surface area contributed by atoms with Gasteiger partial charge in [-0.1, -0.05) is 19.8 Å². The third kappa shape index (κ3) is 3.43. The van der Waals surface area contributed by atoms with Crippen molar-refractivity contribution in [2.75, 3.05) is 12.4 Å². The quantitative estimate of drug-likeness (QED) is 0.852. The van der Waals surface area contributed by atoms with Gasteiger partial charge in [-0.2, -0.15) is 0 Å². The van der Waals surface area contributed by atoms with Crippen LogP contribution in [0.25, 0.3) is 0 Å². The molecular weight excluding hydrogens is 240 g/mol. The van der Waals surface area contributed by atoms with Crippen LogP contribution in [0.15, 0.2) is 12.3 Å². The fraction of sp³-hybridized carbons (Fsp3) is 0.643. The van der Waals surface area contributed by atoms with Gasteiger partial charge in [-0.3, -0.25) is 4.79 Å². The molecule has 1 aliphatic rings. The molecule has 1 atom stereocenters. The Kier molecular flexibility index (Phi) is 4.71. The summed E-state index contributed by atoms with van der Waals surface area (Å²) in [6.45, 7) is 1.97. The molecule has 1 heterocycles. The Morgan fingerprint density at radius 2 is 2.21 bits per heavy atom. The van der Waals surface area contributed by atoms with E-state index in [-0.39, 0.29) is 11.9 Å². The molecule has 0 saturated heterocycles. The van der Waals surface area contributed by atoms with Crippen molar-refractivity contribution < 1.29 is 4.79 Å². The molecule has 2 rings (SSSR count). The molecule has 1 aliphatic carbocycles. The Morgan fingerprint density at radius 3 is 2.84 bits per heavy atom. The van der Waals surface area contributed by atoms with Gasteiger partial charge in [-0.05, 0) is 25.3 Å². The minimum atomic E-state index is -0.274. The van der Waals surface area contributed by atoms with E-state index >= 15 is 0 Å². The van der Waals surface area contributed by atoms with Crippen LogP contribution in [0.3, 0.4) is 0 Å². The van der Waals surface area contributed by atoms with Crippen molar-refractivity contribution in [3.8, 4) is 0 Å². The molecule has 1 aromatic heterocycles. The molecule has 5 nitrogen and oxygen atoms in total. The molecule has 1 aromatic rings. The highest BCUT2D eigenvalue weighted by Gasteiger charge is 2.20. The number of likely N-dealkylation sites (N-methyl/N-ethyl adjacent to an activating group) is 1. The Labute approximate surface area is 114 Å². The Hall–Kier alpha value is -1.65. The molecule has 5 heteroatoms. The van der Waals surface area contributed by atoms with Crippen LogP contribution in [-0.4, -0.2) is 29.0 Å². The van der Waals surface area contributed by atoms with Crippen LogP contribution in [0.4, 0.5) is 5.95 Å². The van der Waals surface area contributed by atoms with Crippen molar-refractivity contribution in [2.45, 2.75) is 51.0 Å². The molecular formula is C14H22N4O. The van der Waals surface area contributed by atoms with Gasteiger partial charge in [0, 0.05) is 24.9 Å². The van der Waals surface area contributed by atoms with Crippen LogP contribution in [0.5, 0.6) is 0 Å². The first kappa shape index (κ1) is 13.8. The van der Waals surface area contributed by atoms with Crippen LogP contribution in [0, 0.1) is 0 Å². The molecule has 1 amide bonds. The molecule has 2 N–H and O–H groups in total. The van der Waals surface area contributed by atoms with Crippen LogP contribution in [0.1, 0.15) is 50.6 Å². The summed E-state index contributed by atoms with van der Waals surface area (Å²) < 4.78 is 0. The predicted molar refractivity (Wildman–Crippen MR) is 75.0 cm³/mol. The average Bonchev–Trinajstić information content (AvgIpc) is 2.98. The van der Waals surface area contributed by atoms with E-state index in [2.05, 4.69) is 20.6 Å². The highest BCUT2D eigenvalue weighted by atomic mass is 16.2. The Bertz CT molecular complexity index is 429. The summed E-state index contributed by atoms with van der Waals surface area (Å²) in [7, 11) is 1.64. The van der Waals surface area contributed by atoms with Crippen molar-refractivity contribution in [1.82, 2.24) is 15.3 Å². The number of carbonyl (C=O) groups is 1. The van der Waals surface area contributed by atoms with Crippen molar-refractivity contribution in [3.05, 3.63) is 18.0 Å². The van der Waals surface area contributed by atoms with Gasteiger partial charge in [0.25, 0.3) is 0 Å². The number of aromatic nitrogens is 2. The topological polar surface area (TPSA) is 66.9 Å². The van der Waals surface area contributed by atoms with Gasteiger partial charge in [0.15, 0.2) is 0 Å². The number of amides is 1. The van der Waals surface area contributed by atoms with Crippen LogP contribution >= 0.6 is 0 Å². The van der Waals surface area contributed by atoms with Crippen LogP contribution in [0.2, 0.25) is 0 Å². The molecule has 0 aromatic carbocycles. The SMILES string of the molecule is CC[C@@H](Nc1nccc(C2CCCC2)n1)C(=O)NC. The molecule has 104 valence electrons. The van der Waals surface area contributed by atoms with Crippen LogP contribution < -0.4 is 10.6 Å². The maximum absolute atomic E-state index is 11.7. The Morgan fingerprint density at radius 1 is 1.47 bits per heavy atom. The van der Waals surface area contributed by atoms with Gasteiger partial charge >= 0.3 is 0 Å². The molecule has 1 fully saturated rings. The maximum Gasteiger partial charge on any atom is 0.242 e. The summed E-state index contributed by atoms with van der Waals surface area (Å²) in [6, 6.07) is 1.71. The van der Waals surface area contributed by atoms with E-state index in [1.165, 1.54) is 25.7 Å². The summed E-state index contributed by atoms with van der Waals surface area (Å²) in [6.07, 6.45) is 7.48. The molecule has 19 heavy (non-hydrogen) atoms. The second kappa shape index (κ2) is 6.50. The fourth-order valence-corrected chi connectivity index (χ4v) is 2.57. The lowest BCUT2D eigenvalue weighted by Gasteiger charge is -2.16. The lowest BCUT2D eigenvalue weighted by Crippen LogP contribution is -2.37. The van der Waals surface area contributed by atoms with Crippen molar-refractivity contribution in [1.29, 1.82) is 0 Å². The summed E-state index contributed by atoms with van der Waals surface area (Å²) in [5.41, 5.74) is 1.10. The fourth-order valence-electron chi connectivity index (χ4n) is 2.57. The normalized spacial score (nSPS) is 17.2. The van der Waals surface area contributed by atoms with Crippen LogP contribution in [-0.2, 0) is 4.79 Å². The van der Waals surface area contributed by atoms with Gasteiger partial charge in [-0.15, -0.1) is 0 Å². The number of hydrogen-bond acceptors (Lipinski definition) is 4. The monoisotopic (exact) mass is 262 g/mol. The number of nitrogens with zero attached hydrogens (tertiary/aromatic N) is 2. The molecule has 0 unspecified atom stereocenters. The smallest absolute Gasteiger partial charge is 0.242 e. The van der Waals surface area contributed by atoms with Crippen molar-refractivity contribution in [3.63, 3.8) is 0 Å².